The van der Waals surface area contributed by atoms with Gasteiger partial charge in [0.05, 0.1) is 25.5 Å². The second-order valence-electron chi connectivity index (χ2n) is 6.06. The Hall–Kier alpha value is -3.94. The number of hydrogen-bond acceptors (Lipinski definition) is 5. The first-order chi connectivity index (χ1) is 13.7. The molecular formula is C20H17N5O3. The molecule has 28 heavy (non-hydrogen) atoms. The predicted octanol–water partition coefficient (Wildman–Crippen LogP) is 2.05. The first kappa shape index (κ1) is 17.5. The van der Waals surface area contributed by atoms with Crippen LogP contribution in [0, 0.1) is 0 Å². The molecule has 0 bridgehead atoms. The monoisotopic (exact) mass is 375 g/mol. The molecule has 8 nitrogen and oxygen atoms in total. The summed E-state index contributed by atoms with van der Waals surface area (Å²) >= 11 is 0. The number of nitrogens with zero attached hydrogens (tertiary/aromatic N) is 3. The lowest BCUT2D eigenvalue weighted by Crippen LogP contribution is -2.25. The fraction of sp³-hybridized carbons (Fsp3) is 0.100. The van der Waals surface area contributed by atoms with Crippen molar-refractivity contribution >= 4 is 16.9 Å². The van der Waals surface area contributed by atoms with Crippen LogP contribution in [-0.2, 0) is 6.54 Å². The first-order valence-corrected chi connectivity index (χ1v) is 8.60. The number of carbonyl (C=O) groups excluding carboxylic acids is 1. The smallest absolute Gasteiger partial charge is 0.262 e. The summed E-state index contributed by atoms with van der Waals surface area (Å²) in [4.78, 5) is 31.9. The lowest BCUT2D eigenvalue weighted by atomic mass is 10.2. The highest BCUT2D eigenvalue weighted by Crippen LogP contribution is 2.14. The number of para-hydroxylation sites is 1. The molecule has 2 heterocycles. The Kier molecular flexibility index (Phi) is 4.59. The van der Waals surface area contributed by atoms with Gasteiger partial charge in [-0.15, -0.1) is 0 Å². The number of benzene rings is 2. The number of methoxy groups -OCH3 is 1. The van der Waals surface area contributed by atoms with Crippen LogP contribution in [0.15, 0.2) is 65.6 Å². The fourth-order valence-corrected chi connectivity index (χ4v) is 2.84. The van der Waals surface area contributed by atoms with Crippen molar-refractivity contribution in [2.75, 3.05) is 7.11 Å². The SMILES string of the molecule is COc1cccc(C(=O)NCc2nc3c(cnn3-c3ccccc3)c(=O)[nH]2)c1. The van der Waals surface area contributed by atoms with Crippen molar-refractivity contribution < 1.29 is 9.53 Å². The van der Waals surface area contributed by atoms with Crippen LogP contribution >= 0.6 is 0 Å². The van der Waals surface area contributed by atoms with Gasteiger partial charge < -0.3 is 15.0 Å². The molecule has 0 saturated carbocycles. The second kappa shape index (κ2) is 7.36. The maximum atomic E-state index is 12.4. The summed E-state index contributed by atoms with van der Waals surface area (Å²) < 4.78 is 6.72. The average molecular weight is 375 g/mol. The van der Waals surface area contributed by atoms with Crippen LogP contribution in [0.2, 0.25) is 0 Å². The normalized spacial score (nSPS) is 10.8. The summed E-state index contributed by atoms with van der Waals surface area (Å²) in [6.07, 6.45) is 1.48. The molecule has 8 heteroatoms. The number of fused-ring (bicyclic) bond motifs is 1. The van der Waals surface area contributed by atoms with E-state index in [1.54, 1.807) is 28.9 Å². The number of ether oxygens (including phenoxy) is 1. The Morgan fingerprint density at radius 1 is 1.18 bits per heavy atom. The van der Waals surface area contributed by atoms with E-state index in [-0.39, 0.29) is 18.0 Å². The minimum absolute atomic E-state index is 0.0706. The highest BCUT2D eigenvalue weighted by molar-refractivity contribution is 5.94. The third-order valence-corrected chi connectivity index (χ3v) is 4.24. The molecule has 4 aromatic rings. The molecule has 0 aliphatic carbocycles. The summed E-state index contributed by atoms with van der Waals surface area (Å²) in [5, 5.41) is 7.40. The molecule has 1 amide bonds. The lowest BCUT2D eigenvalue weighted by molar-refractivity contribution is 0.0949. The Morgan fingerprint density at radius 3 is 2.79 bits per heavy atom. The molecule has 2 aromatic heterocycles. The average Bonchev–Trinajstić information content (AvgIpc) is 3.17. The molecular weight excluding hydrogens is 358 g/mol. The molecule has 2 aromatic carbocycles. The zero-order chi connectivity index (χ0) is 19.5. The summed E-state index contributed by atoms with van der Waals surface area (Å²) in [5.74, 6) is 0.636. The largest absolute Gasteiger partial charge is 0.497 e. The summed E-state index contributed by atoms with van der Waals surface area (Å²) in [6, 6.07) is 16.2. The van der Waals surface area contributed by atoms with E-state index in [2.05, 4.69) is 20.4 Å². The highest BCUT2D eigenvalue weighted by Gasteiger charge is 2.13. The van der Waals surface area contributed by atoms with Gasteiger partial charge >= 0.3 is 0 Å². The molecule has 0 saturated heterocycles. The Balaban J connectivity index is 1.61. The molecule has 2 N–H and O–H groups in total. The van der Waals surface area contributed by atoms with Crippen molar-refractivity contribution in [2.45, 2.75) is 6.54 Å². The van der Waals surface area contributed by atoms with Crippen molar-refractivity contribution in [3.8, 4) is 11.4 Å². The number of aromatic nitrogens is 4. The zero-order valence-corrected chi connectivity index (χ0v) is 15.0. The second-order valence-corrected chi connectivity index (χ2v) is 6.06. The third kappa shape index (κ3) is 3.35. The highest BCUT2D eigenvalue weighted by atomic mass is 16.5. The summed E-state index contributed by atoms with van der Waals surface area (Å²) in [7, 11) is 1.54. The molecule has 0 atom stereocenters. The van der Waals surface area contributed by atoms with Crippen LogP contribution in [-0.4, -0.2) is 32.8 Å². The van der Waals surface area contributed by atoms with E-state index in [0.717, 1.165) is 5.69 Å². The number of nitrogens with one attached hydrogen (secondary N) is 2. The standard InChI is InChI=1S/C20H17N5O3/c1-28-15-9-5-6-13(10-15)19(26)21-12-17-23-18-16(20(27)24-17)11-22-25(18)14-7-3-2-4-8-14/h2-11H,12H2,1H3,(H,21,26)(H,23,24,27). The number of aromatic amines is 1. The van der Waals surface area contributed by atoms with Crippen molar-refractivity contribution in [2.24, 2.45) is 0 Å². The Labute approximate surface area is 159 Å². The van der Waals surface area contributed by atoms with E-state index in [1.807, 2.05) is 30.3 Å². The van der Waals surface area contributed by atoms with Gasteiger partial charge in [-0.3, -0.25) is 9.59 Å². The van der Waals surface area contributed by atoms with Gasteiger partial charge in [-0.2, -0.15) is 5.10 Å². The summed E-state index contributed by atoms with van der Waals surface area (Å²) in [6.45, 7) is 0.0706. The topological polar surface area (TPSA) is 102 Å². The molecule has 140 valence electrons. The Morgan fingerprint density at radius 2 is 2.00 bits per heavy atom. The van der Waals surface area contributed by atoms with Gasteiger partial charge in [-0.25, -0.2) is 9.67 Å². The van der Waals surface area contributed by atoms with Crippen LogP contribution in [0.25, 0.3) is 16.7 Å². The number of H-pyrrole nitrogens is 1. The van der Waals surface area contributed by atoms with Gasteiger partial charge in [0.2, 0.25) is 0 Å². The number of rotatable bonds is 5. The predicted molar refractivity (Wildman–Crippen MR) is 104 cm³/mol. The molecule has 0 aliphatic rings. The summed E-state index contributed by atoms with van der Waals surface area (Å²) in [5.41, 5.74) is 1.37. The molecule has 0 aliphatic heterocycles. The van der Waals surface area contributed by atoms with Gasteiger partial charge in [0.1, 0.15) is 17.0 Å². The maximum Gasteiger partial charge on any atom is 0.262 e. The van der Waals surface area contributed by atoms with Crippen LogP contribution < -0.4 is 15.6 Å². The lowest BCUT2D eigenvalue weighted by Gasteiger charge is -2.07. The van der Waals surface area contributed by atoms with Gasteiger partial charge in [0.25, 0.3) is 11.5 Å². The fourth-order valence-electron chi connectivity index (χ4n) is 2.84. The maximum absolute atomic E-state index is 12.4. The van der Waals surface area contributed by atoms with Gasteiger partial charge in [0.15, 0.2) is 5.65 Å². The van der Waals surface area contributed by atoms with Gasteiger partial charge in [0, 0.05) is 5.56 Å². The van der Waals surface area contributed by atoms with Crippen molar-refractivity contribution in [1.29, 1.82) is 0 Å². The molecule has 0 spiro atoms. The van der Waals surface area contributed by atoms with Crippen LogP contribution in [0.3, 0.4) is 0 Å². The number of carbonyl (C=O) groups is 1. The minimum atomic E-state index is -0.308. The van der Waals surface area contributed by atoms with E-state index in [1.165, 1.54) is 13.3 Å². The van der Waals surface area contributed by atoms with E-state index in [9.17, 15) is 9.59 Å². The molecule has 0 fully saturated rings. The zero-order valence-electron chi connectivity index (χ0n) is 15.0. The minimum Gasteiger partial charge on any atom is -0.497 e. The number of amides is 1. The van der Waals surface area contributed by atoms with E-state index < -0.39 is 0 Å². The van der Waals surface area contributed by atoms with Crippen molar-refractivity contribution in [1.82, 2.24) is 25.1 Å². The van der Waals surface area contributed by atoms with Crippen molar-refractivity contribution in [3.63, 3.8) is 0 Å². The third-order valence-electron chi connectivity index (χ3n) is 4.24. The molecule has 0 radical (unpaired) electrons. The van der Waals surface area contributed by atoms with Gasteiger partial charge in [-0.1, -0.05) is 24.3 Å². The van der Waals surface area contributed by atoms with Gasteiger partial charge in [-0.05, 0) is 30.3 Å². The van der Waals surface area contributed by atoms with Crippen molar-refractivity contribution in [3.05, 3.63) is 82.5 Å². The van der Waals surface area contributed by atoms with E-state index in [0.29, 0.717) is 28.2 Å². The number of hydrogen-bond donors (Lipinski definition) is 2. The van der Waals surface area contributed by atoms with Crippen LogP contribution in [0.5, 0.6) is 5.75 Å². The Bertz CT molecular complexity index is 1200. The van der Waals surface area contributed by atoms with Crippen LogP contribution in [0.1, 0.15) is 16.2 Å². The first-order valence-electron chi connectivity index (χ1n) is 8.60. The van der Waals surface area contributed by atoms with E-state index >= 15 is 0 Å². The van der Waals surface area contributed by atoms with Crippen LogP contribution in [0.4, 0.5) is 0 Å². The van der Waals surface area contributed by atoms with E-state index in [4.69, 9.17) is 4.74 Å². The molecule has 4 rings (SSSR count). The quantitative estimate of drug-likeness (QED) is 0.556. The molecule has 0 unspecified atom stereocenters.